The second kappa shape index (κ2) is 7.05. The largest absolute Gasteiger partial charge is 0.354 e. The molecular formula is C18H27NO. The van der Waals surface area contributed by atoms with E-state index in [2.05, 4.69) is 68.8 Å². The Morgan fingerprint density at radius 2 is 2.05 bits per heavy atom. The van der Waals surface area contributed by atoms with Gasteiger partial charge in [0, 0.05) is 6.04 Å². The van der Waals surface area contributed by atoms with E-state index >= 15 is 0 Å². The molecule has 0 spiro atoms. The van der Waals surface area contributed by atoms with E-state index in [0.29, 0.717) is 12.0 Å². The third-order valence-corrected chi connectivity index (χ3v) is 4.46. The van der Waals surface area contributed by atoms with Crippen LogP contribution in [-0.2, 0) is 4.74 Å². The molecule has 1 saturated heterocycles. The number of allylic oxidation sites excluding steroid dienone is 1. The van der Waals surface area contributed by atoms with Crippen LogP contribution in [0.1, 0.15) is 44.8 Å². The summed E-state index contributed by atoms with van der Waals surface area (Å²) >= 11 is 0. The standard InChI is InChI=1S/C18H27NO/c1-5-10-15(6-2)13-17-19(4)14(3)18(20-17)16-11-8-7-9-12-16/h6-9,11-12,14-15,17-18H,2,5,10,13H2,1,3-4H3/t14-,15+,17-,18-/m0/s1. The van der Waals surface area contributed by atoms with Crippen molar-refractivity contribution in [2.75, 3.05) is 7.05 Å². The lowest BCUT2D eigenvalue weighted by Gasteiger charge is -2.24. The van der Waals surface area contributed by atoms with Gasteiger partial charge in [-0.3, -0.25) is 4.90 Å². The molecule has 1 heterocycles. The molecule has 2 nitrogen and oxygen atoms in total. The molecule has 0 radical (unpaired) electrons. The zero-order valence-corrected chi connectivity index (χ0v) is 13.0. The number of hydrogen-bond donors (Lipinski definition) is 0. The molecular weight excluding hydrogens is 246 g/mol. The number of benzene rings is 1. The summed E-state index contributed by atoms with van der Waals surface area (Å²) in [5.74, 6) is 0.550. The summed E-state index contributed by atoms with van der Waals surface area (Å²) in [5.41, 5.74) is 1.28. The molecule has 1 aromatic carbocycles. The number of ether oxygens (including phenoxy) is 1. The van der Waals surface area contributed by atoms with Gasteiger partial charge in [-0.15, -0.1) is 6.58 Å². The molecule has 2 heteroatoms. The van der Waals surface area contributed by atoms with E-state index in [1.807, 2.05) is 0 Å². The normalized spacial score (nSPS) is 28.4. The van der Waals surface area contributed by atoms with Gasteiger partial charge in [0.15, 0.2) is 0 Å². The van der Waals surface area contributed by atoms with Crippen LogP contribution in [0.5, 0.6) is 0 Å². The van der Waals surface area contributed by atoms with Gasteiger partial charge in [0.25, 0.3) is 0 Å². The smallest absolute Gasteiger partial charge is 0.112 e. The predicted octanol–water partition coefficient (Wildman–Crippen LogP) is 4.40. The van der Waals surface area contributed by atoms with E-state index in [1.54, 1.807) is 0 Å². The van der Waals surface area contributed by atoms with E-state index < -0.39 is 0 Å². The van der Waals surface area contributed by atoms with E-state index in [0.717, 1.165) is 6.42 Å². The maximum absolute atomic E-state index is 6.33. The minimum Gasteiger partial charge on any atom is -0.354 e. The number of hydrogen-bond acceptors (Lipinski definition) is 2. The highest BCUT2D eigenvalue weighted by molar-refractivity contribution is 5.20. The van der Waals surface area contributed by atoms with Gasteiger partial charge in [0.05, 0.1) is 6.10 Å². The van der Waals surface area contributed by atoms with Crippen molar-refractivity contribution in [3.8, 4) is 0 Å². The van der Waals surface area contributed by atoms with Crippen LogP contribution in [-0.4, -0.2) is 24.2 Å². The van der Waals surface area contributed by atoms with Crippen molar-refractivity contribution in [1.29, 1.82) is 0 Å². The lowest BCUT2D eigenvalue weighted by atomic mass is 9.99. The van der Waals surface area contributed by atoms with Gasteiger partial charge in [-0.2, -0.15) is 0 Å². The highest BCUT2D eigenvalue weighted by atomic mass is 16.5. The summed E-state index contributed by atoms with van der Waals surface area (Å²) in [7, 11) is 2.17. The maximum atomic E-state index is 6.33. The van der Waals surface area contributed by atoms with Gasteiger partial charge in [0.2, 0.25) is 0 Å². The Morgan fingerprint density at radius 1 is 1.35 bits per heavy atom. The van der Waals surface area contributed by atoms with E-state index in [-0.39, 0.29) is 12.3 Å². The van der Waals surface area contributed by atoms with Gasteiger partial charge in [-0.05, 0) is 38.3 Å². The Bertz CT molecular complexity index is 417. The van der Waals surface area contributed by atoms with Crippen LogP contribution in [0.25, 0.3) is 0 Å². The molecule has 20 heavy (non-hydrogen) atoms. The molecule has 4 atom stereocenters. The average Bonchev–Trinajstić information content (AvgIpc) is 2.76. The highest BCUT2D eigenvalue weighted by Gasteiger charge is 2.38. The van der Waals surface area contributed by atoms with Crippen LogP contribution in [0.15, 0.2) is 43.0 Å². The Hall–Kier alpha value is -1.12. The number of rotatable bonds is 6. The average molecular weight is 273 g/mol. The quantitative estimate of drug-likeness (QED) is 0.712. The molecule has 0 unspecified atom stereocenters. The van der Waals surface area contributed by atoms with Crippen molar-refractivity contribution >= 4 is 0 Å². The Morgan fingerprint density at radius 3 is 2.65 bits per heavy atom. The monoisotopic (exact) mass is 273 g/mol. The molecule has 0 N–H and O–H groups in total. The molecule has 2 rings (SSSR count). The summed E-state index contributed by atoms with van der Waals surface area (Å²) in [5, 5.41) is 0. The molecule has 1 aliphatic heterocycles. The van der Waals surface area contributed by atoms with Crippen LogP contribution in [0, 0.1) is 5.92 Å². The van der Waals surface area contributed by atoms with Crippen LogP contribution >= 0.6 is 0 Å². The van der Waals surface area contributed by atoms with Crippen molar-refractivity contribution in [2.24, 2.45) is 5.92 Å². The molecule has 0 amide bonds. The second-order valence-electron chi connectivity index (χ2n) is 5.85. The van der Waals surface area contributed by atoms with Gasteiger partial charge in [-0.25, -0.2) is 0 Å². The van der Waals surface area contributed by atoms with E-state index in [4.69, 9.17) is 4.74 Å². The minimum atomic E-state index is 0.179. The van der Waals surface area contributed by atoms with Crippen LogP contribution < -0.4 is 0 Å². The van der Waals surface area contributed by atoms with Crippen molar-refractivity contribution in [2.45, 2.75) is 51.5 Å². The summed E-state index contributed by atoms with van der Waals surface area (Å²) in [6.45, 7) is 8.45. The minimum absolute atomic E-state index is 0.179. The summed E-state index contributed by atoms with van der Waals surface area (Å²) in [6, 6.07) is 11.0. The number of nitrogens with zero attached hydrogens (tertiary/aromatic N) is 1. The van der Waals surface area contributed by atoms with Gasteiger partial charge in [0.1, 0.15) is 6.23 Å². The fourth-order valence-corrected chi connectivity index (χ4v) is 3.04. The molecule has 1 aliphatic rings. The van der Waals surface area contributed by atoms with E-state index in [1.165, 1.54) is 18.4 Å². The molecule has 0 bridgehead atoms. The van der Waals surface area contributed by atoms with Crippen molar-refractivity contribution in [1.82, 2.24) is 4.90 Å². The lowest BCUT2D eigenvalue weighted by molar-refractivity contribution is -0.00564. The predicted molar refractivity (Wildman–Crippen MR) is 84.5 cm³/mol. The van der Waals surface area contributed by atoms with Crippen molar-refractivity contribution < 1.29 is 4.74 Å². The Labute approximate surface area is 123 Å². The summed E-state index contributed by atoms with van der Waals surface area (Å²) < 4.78 is 6.33. The van der Waals surface area contributed by atoms with Crippen LogP contribution in [0.3, 0.4) is 0 Å². The first-order valence-corrected chi connectivity index (χ1v) is 7.72. The van der Waals surface area contributed by atoms with Crippen LogP contribution in [0.4, 0.5) is 0 Å². The lowest BCUT2D eigenvalue weighted by Crippen LogP contribution is -2.32. The molecule has 0 aromatic heterocycles. The van der Waals surface area contributed by atoms with Crippen molar-refractivity contribution in [3.05, 3.63) is 48.6 Å². The fraction of sp³-hybridized carbons (Fsp3) is 0.556. The third-order valence-electron chi connectivity index (χ3n) is 4.46. The second-order valence-corrected chi connectivity index (χ2v) is 5.85. The summed E-state index contributed by atoms with van der Waals surface area (Å²) in [6.07, 6.45) is 5.90. The highest BCUT2D eigenvalue weighted by Crippen LogP contribution is 2.36. The first kappa shape index (κ1) is 15.3. The van der Waals surface area contributed by atoms with Gasteiger partial charge in [-0.1, -0.05) is 49.8 Å². The molecule has 0 saturated carbocycles. The fourth-order valence-electron chi connectivity index (χ4n) is 3.04. The zero-order valence-electron chi connectivity index (χ0n) is 13.0. The SMILES string of the molecule is C=C[C@H](CCC)C[C@@H]1O[C@H](c2ccccc2)[C@H](C)N1C. The molecule has 110 valence electrons. The Balaban J connectivity index is 2.05. The maximum Gasteiger partial charge on any atom is 0.112 e. The van der Waals surface area contributed by atoms with Gasteiger partial charge >= 0.3 is 0 Å². The molecule has 1 aromatic rings. The van der Waals surface area contributed by atoms with Crippen molar-refractivity contribution in [3.63, 3.8) is 0 Å². The number of likely N-dealkylation sites (N-methyl/N-ethyl adjacent to an activating group) is 1. The topological polar surface area (TPSA) is 12.5 Å². The first-order chi connectivity index (χ1) is 9.67. The summed E-state index contributed by atoms with van der Waals surface area (Å²) in [4.78, 5) is 2.36. The molecule has 1 fully saturated rings. The third kappa shape index (κ3) is 3.31. The van der Waals surface area contributed by atoms with Gasteiger partial charge < -0.3 is 4.74 Å². The van der Waals surface area contributed by atoms with E-state index in [9.17, 15) is 0 Å². The van der Waals surface area contributed by atoms with Crippen LogP contribution in [0.2, 0.25) is 0 Å². The first-order valence-electron chi connectivity index (χ1n) is 7.72. The zero-order chi connectivity index (χ0) is 14.5. The Kier molecular flexibility index (Phi) is 5.38. The molecule has 0 aliphatic carbocycles.